The number of ether oxygens (including phenoxy) is 1. The summed E-state index contributed by atoms with van der Waals surface area (Å²) in [5.74, 6) is 0.471. The number of hydrogen-bond acceptors (Lipinski definition) is 4. The molecule has 1 heterocycles. The fraction of sp³-hybridized carbons (Fsp3) is 0.538. The fourth-order valence-corrected chi connectivity index (χ4v) is 1.93. The van der Waals surface area contributed by atoms with Crippen molar-refractivity contribution in [1.29, 1.82) is 0 Å². The number of methoxy groups -OCH3 is 1. The van der Waals surface area contributed by atoms with Crippen LogP contribution in [0.3, 0.4) is 0 Å². The lowest BCUT2D eigenvalue weighted by Gasteiger charge is -2.19. The third kappa shape index (κ3) is 4.00. The molecule has 1 saturated carbocycles. The lowest BCUT2D eigenvalue weighted by molar-refractivity contribution is -0.138. The second-order valence-corrected chi connectivity index (χ2v) is 4.72. The monoisotopic (exact) mass is 250 g/mol. The zero-order chi connectivity index (χ0) is 13.0. The van der Waals surface area contributed by atoms with Crippen molar-refractivity contribution in [3.8, 4) is 5.88 Å². The summed E-state index contributed by atoms with van der Waals surface area (Å²) in [5, 5.41) is 8.90. The Morgan fingerprint density at radius 2 is 2.33 bits per heavy atom. The number of carboxylic acids is 1. The van der Waals surface area contributed by atoms with Gasteiger partial charge < -0.3 is 9.84 Å². The smallest absolute Gasteiger partial charge is 0.317 e. The van der Waals surface area contributed by atoms with Crippen molar-refractivity contribution in [2.75, 3.05) is 20.2 Å². The Morgan fingerprint density at radius 3 is 2.83 bits per heavy atom. The average molecular weight is 250 g/mol. The summed E-state index contributed by atoms with van der Waals surface area (Å²) in [6.45, 7) is 1.57. The molecular weight excluding hydrogens is 232 g/mol. The minimum absolute atomic E-state index is 0.0858. The van der Waals surface area contributed by atoms with E-state index in [9.17, 15) is 4.79 Å². The molecule has 2 rings (SSSR count). The number of aromatic nitrogens is 1. The first kappa shape index (κ1) is 12.8. The van der Waals surface area contributed by atoms with Crippen molar-refractivity contribution < 1.29 is 14.6 Å². The molecule has 98 valence electrons. The van der Waals surface area contributed by atoms with Crippen molar-refractivity contribution in [2.24, 2.45) is 5.92 Å². The molecule has 18 heavy (non-hydrogen) atoms. The van der Waals surface area contributed by atoms with Crippen LogP contribution in [0.2, 0.25) is 0 Å². The Kier molecular flexibility index (Phi) is 4.15. The van der Waals surface area contributed by atoms with Crippen LogP contribution in [0.25, 0.3) is 0 Å². The molecule has 0 bridgehead atoms. The van der Waals surface area contributed by atoms with Crippen molar-refractivity contribution in [3.63, 3.8) is 0 Å². The number of pyridine rings is 1. The minimum atomic E-state index is -0.780. The van der Waals surface area contributed by atoms with Crippen LogP contribution in [0.4, 0.5) is 0 Å². The van der Waals surface area contributed by atoms with E-state index in [0.29, 0.717) is 18.3 Å². The maximum atomic E-state index is 10.8. The van der Waals surface area contributed by atoms with Gasteiger partial charge in [-0.05, 0) is 24.3 Å². The molecule has 0 aromatic carbocycles. The van der Waals surface area contributed by atoms with Gasteiger partial charge in [0.15, 0.2) is 0 Å². The normalized spacial score (nSPS) is 14.8. The molecule has 1 fully saturated rings. The van der Waals surface area contributed by atoms with E-state index in [-0.39, 0.29) is 6.54 Å². The van der Waals surface area contributed by atoms with E-state index in [1.54, 1.807) is 19.4 Å². The summed E-state index contributed by atoms with van der Waals surface area (Å²) in [6.07, 6.45) is 4.18. The van der Waals surface area contributed by atoms with Gasteiger partial charge in [0.1, 0.15) is 0 Å². The fourth-order valence-electron chi connectivity index (χ4n) is 1.93. The highest BCUT2D eigenvalue weighted by molar-refractivity contribution is 5.69. The Hall–Kier alpha value is -1.62. The van der Waals surface area contributed by atoms with E-state index >= 15 is 0 Å². The lowest BCUT2D eigenvalue weighted by Crippen LogP contribution is -2.31. The summed E-state index contributed by atoms with van der Waals surface area (Å²) in [4.78, 5) is 16.9. The van der Waals surface area contributed by atoms with Crippen LogP contribution in [0.15, 0.2) is 18.3 Å². The molecule has 0 radical (unpaired) electrons. The predicted molar refractivity (Wildman–Crippen MR) is 66.4 cm³/mol. The first-order valence-electron chi connectivity index (χ1n) is 6.10. The van der Waals surface area contributed by atoms with Gasteiger partial charge in [0.25, 0.3) is 0 Å². The quantitative estimate of drug-likeness (QED) is 0.792. The zero-order valence-electron chi connectivity index (χ0n) is 10.5. The Morgan fingerprint density at radius 1 is 1.56 bits per heavy atom. The van der Waals surface area contributed by atoms with E-state index in [2.05, 4.69) is 4.98 Å². The van der Waals surface area contributed by atoms with Gasteiger partial charge >= 0.3 is 5.97 Å². The molecule has 5 nitrogen and oxygen atoms in total. The maximum Gasteiger partial charge on any atom is 0.317 e. The summed E-state index contributed by atoms with van der Waals surface area (Å²) in [6, 6.07) is 3.72. The average Bonchev–Trinajstić information content (AvgIpc) is 3.13. The summed E-state index contributed by atoms with van der Waals surface area (Å²) in [7, 11) is 1.58. The van der Waals surface area contributed by atoms with Crippen molar-refractivity contribution >= 4 is 5.97 Å². The third-order valence-corrected chi connectivity index (χ3v) is 2.99. The first-order valence-corrected chi connectivity index (χ1v) is 6.10. The standard InChI is InChI=1S/C13H18N2O3/c1-18-12-5-4-11(6-14-12)8-15(9-13(16)17)7-10-2-3-10/h4-6,10H,2-3,7-9H2,1H3,(H,16,17). The van der Waals surface area contributed by atoms with Gasteiger partial charge in [-0.3, -0.25) is 9.69 Å². The zero-order valence-corrected chi connectivity index (χ0v) is 10.5. The number of aliphatic carboxylic acids is 1. The molecule has 1 aromatic heterocycles. The molecule has 1 aromatic rings. The Balaban J connectivity index is 1.94. The van der Waals surface area contributed by atoms with Crippen LogP contribution < -0.4 is 4.74 Å². The van der Waals surface area contributed by atoms with Gasteiger partial charge in [0, 0.05) is 25.4 Å². The predicted octanol–water partition coefficient (Wildman–Crippen LogP) is 1.39. The van der Waals surface area contributed by atoms with Crippen LogP contribution in [0.1, 0.15) is 18.4 Å². The van der Waals surface area contributed by atoms with Gasteiger partial charge in [-0.2, -0.15) is 0 Å². The highest BCUT2D eigenvalue weighted by atomic mass is 16.5. The Bertz CT molecular complexity index is 401. The van der Waals surface area contributed by atoms with Crippen molar-refractivity contribution in [3.05, 3.63) is 23.9 Å². The van der Waals surface area contributed by atoms with Gasteiger partial charge in [-0.1, -0.05) is 6.07 Å². The highest BCUT2D eigenvalue weighted by Gasteiger charge is 2.25. The van der Waals surface area contributed by atoms with E-state index < -0.39 is 5.97 Å². The van der Waals surface area contributed by atoms with Crippen LogP contribution in [-0.4, -0.2) is 41.2 Å². The van der Waals surface area contributed by atoms with E-state index in [0.717, 1.165) is 12.1 Å². The second kappa shape index (κ2) is 5.82. The SMILES string of the molecule is COc1ccc(CN(CC(=O)O)CC2CC2)cn1. The van der Waals surface area contributed by atoms with Crippen LogP contribution >= 0.6 is 0 Å². The van der Waals surface area contributed by atoms with Gasteiger partial charge in [-0.25, -0.2) is 4.98 Å². The van der Waals surface area contributed by atoms with Crippen LogP contribution in [0, 0.1) is 5.92 Å². The third-order valence-electron chi connectivity index (χ3n) is 2.99. The topological polar surface area (TPSA) is 62.7 Å². The molecule has 5 heteroatoms. The summed E-state index contributed by atoms with van der Waals surface area (Å²) >= 11 is 0. The molecule has 0 unspecified atom stereocenters. The van der Waals surface area contributed by atoms with E-state index in [1.165, 1.54) is 12.8 Å². The minimum Gasteiger partial charge on any atom is -0.481 e. The highest BCUT2D eigenvalue weighted by Crippen LogP contribution is 2.30. The molecule has 0 spiro atoms. The van der Waals surface area contributed by atoms with Gasteiger partial charge in [0.2, 0.25) is 5.88 Å². The number of nitrogens with zero attached hydrogens (tertiary/aromatic N) is 2. The number of carboxylic acid groups (broad SMARTS) is 1. The lowest BCUT2D eigenvalue weighted by atomic mass is 10.2. The number of rotatable bonds is 7. The molecular formula is C13H18N2O3. The van der Waals surface area contributed by atoms with Gasteiger partial charge in [-0.15, -0.1) is 0 Å². The largest absolute Gasteiger partial charge is 0.481 e. The number of hydrogen-bond donors (Lipinski definition) is 1. The molecule has 0 atom stereocenters. The van der Waals surface area contributed by atoms with Crippen LogP contribution in [-0.2, 0) is 11.3 Å². The van der Waals surface area contributed by atoms with Crippen molar-refractivity contribution in [1.82, 2.24) is 9.88 Å². The maximum absolute atomic E-state index is 10.8. The molecule has 0 amide bonds. The van der Waals surface area contributed by atoms with E-state index in [1.807, 2.05) is 11.0 Å². The van der Waals surface area contributed by atoms with Crippen molar-refractivity contribution in [2.45, 2.75) is 19.4 Å². The molecule has 1 N–H and O–H groups in total. The van der Waals surface area contributed by atoms with E-state index in [4.69, 9.17) is 9.84 Å². The van der Waals surface area contributed by atoms with Gasteiger partial charge in [0.05, 0.1) is 13.7 Å². The molecule has 1 aliphatic rings. The molecule has 1 aliphatic carbocycles. The Labute approximate surface area is 106 Å². The second-order valence-electron chi connectivity index (χ2n) is 4.72. The number of carbonyl (C=O) groups is 1. The first-order chi connectivity index (χ1) is 8.67. The van der Waals surface area contributed by atoms with Crippen LogP contribution in [0.5, 0.6) is 5.88 Å². The summed E-state index contributed by atoms with van der Waals surface area (Å²) in [5.41, 5.74) is 1.01. The molecule has 0 aliphatic heterocycles. The summed E-state index contributed by atoms with van der Waals surface area (Å²) < 4.78 is 4.99. The molecule has 0 saturated heterocycles.